The zero-order valence-corrected chi connectivity index (χ0v) is 14.3. The topological polar surface area (TPSA) is 149 Å². The van der Waals surface area contributed by atoms with Crippen LogP contribution in [0.25, 0.3) is 0 Å². The lowest BCUT2D eigenvalue weighted by Crippen LogP contribution is -2.35. The third-order valence-corrected chi connectivity index (χ3v) is 2.52. The Kier molecular flexibility index (Phi) is 10.6. The number of carboxylic acid groups (broad SMARTS) is 2. The van der Waals surface area contributed by atoms with E-state index < -0.39 is 18.0 Å². The molecular formula is C16H24N2O7. The van der Waals surface area contributed by atoms with E-state index in [0.717, 1.165) is 5.69 Å². The number of nitrogens with zero attached hydrogens (tertiary/aromatic N) is 1. The van der Waals surface area contributed by atoms with Crippen molar-refractivity contribution in [3.63, 3.8) is 0 Å². The summed E-state index contributed by atoms with van der Waals surface area (Å²) in [5.74, 6) is -2.37. The minimum absolute atomic E-state index is 0.0142. The van der Waals surface area contributed by atoms with Crippen LogP contribution in [0.15, 0.2) is 24.3 Å². The molecule has 1 unspecified atom stereocenters. The molecule has 1 heterocycles. The number of aryl methyl sites for hydroxylation is 1. The highest BCUT2D eigenvalue weighted by molar-refractivity contribution is 5.89. The van der Waals surface area contributed by atoms with E-state index in [0.29, 0.717) is 24.7 Å². The molecule has 0 fully saturated rings. The van der Waals surface area contributed by atoms with Crippen LogP contribution in [0.3, 0.4) is 0 Å². The zero-order valence-electron chi connectivity index (χ0n) is 14.3. The third-order valence-electron chi connectivity index (χ3n) is 2.52. The first-order chi connectivity index (χ1) is 11.6. The van der Waals surface area contributed by atoms with Crippen LogP contribution >= 0.6 is 0 Å². The van der Waals surface area contributed by atoms with E-state index in [1.54, 1.807) is 6.07 Å². The number of nitrogens with one attached hydrogen (secondary N) is 1. The summed E-state index contributed by atoms with van der Waals surface area (Å²) in [4.78, 5) is 23.1. The molecule has 0 aromatic carbocycles. The molecule has 1 rings (SSSR count). The maximum absolute atomic E-state index is 9.62. The molecule has 0 aliphatic rings. The molecular weight excluding hydrogens is 332 g/mol. The van der Waals surface area contributed by atoms with Crippen molar-refractivity contribution < 1.29 is 34.8 Å². The van der Waals surface area contributed by atoms with Gasteiger partial charge < -0.3 is 30.5 Å². The van der Waals surface area contributed by atoms with Crippen molar-refractivity contribution in [1.29, 1.82) is 0 Å². The quantitative estimate of drug-likeness (QED) is 0.421. The molecule has 0 amide bonds. The lowest BCUT2D eigenvalue weighted by Gasteiger charge is -2.15. The van der Waals surface area contributed by atoms with Crippen molar-refractivity contribution in [2.24, 2.45) is 0 Å². The Morgan fingerprint density at radius 2 is 1.80 bits per heavy atom. The summed E-state index contributed by atoms with van der Waals surface area (Å²) >= 11 is 0. The van der Waals surface area contributed by atoms with Crippen LogP contribution in [-0.4, -0.2) is 62.6 Å². The largest absolute Gasteiger partial charge is 0.503 e. The predicted molar refractivity (Wildman–Crippen MR) is 89.7 cm³/mol. The number of carboxylic acids is 2. The number of carbonyl (C=O) groups is 2. The summed E-state index contributed by atoms with van der Waals surface area (Å²) in [7, 11) is 0. The van der Waals surface area contributed by atoms with Gasteiger partial charge in [-0.15, -0.1) is 0 Å². The highest BCUT2D eigenvalue weighted by Crippen LogP contribution is 2.22. The smallest absolute Gasteiger partial charge is 0.328 e. The van der Waals surface area contributed by atoms with Gasteiger partial charge in [-0.25, -0.2) is 14.6 Å². The lowest BCUT2D eigenvalue weighted by atomic mass is 10.3. The minimum atomic E-state index is -1.26. The lowest BCUT2D eigenvalue weighted by molar-refractivity contribution is -0.134. The van der Waals surface area contributed by atoms with E-state index >= 15 is 0 Å². The molecule has 9 heteroatoms. The molecule has 0 saturated carbocycles. The molecule has 1 atom stereocenters. The number of aliphatic hydroxyl groups excluding tert-OH is 1. The van der Waals surface area contributed by atoms with Gasteiger partial charge in [0.15, 0.2) is 5.75 Å². The van der Waals surface area contributed by atoms with E-state index in [2.05, 4.69) is 10.3 Å². The van der Waals surface area contributed by atoms with Crippen LogP contribution < -0.4 is 10.1 Å². The number of aliphatic hydroxyl groups is 1. The molecule has 0 spiro atoms. The van der Waals surface area contributed by atoms with E-state index in [1.165, 1.54) is 6.07 Å². The van der Waals surface area contributed by atoms with Crippen molar-refractivity contribution in [3.05, 3.63) is 30.0 Å². The van der Waals surface area contributed by atoms with Crippen LogP contribution in [0.4, 0.5) is 0 Å². The van der Waals surface area contributed by atoms with Crippen molar-refractivity contribution in [2.45, 2.75) is 32.9 Å². The number of aromatic nitrogens is 1. The maximum atomic E-state index is 9.62. The first-order valence-electron chi connectivity index (χ1n) is 7.46. The van der Waals surface area contributed by atoms with E-state index in [1.807, 2.05) is 20.8 Å². The first-order valence-corrected chi connectivity index (χ1v) is 7.46. The van der Waals surface area contributed by atoms with Gasteiger partial charge in [-0.3, -0.25) is 0 Å². The monoisotopic (exact) mass is 356 g/mol. The number of pyridine rings is 1. The van der Waals surface area contributed by atoms with Gasteiger partial charge in [-0.1, -0.05) is 13.8 Å². The molecule has 9 nitrogen and oxygen atoms in total. The van der Waals surface area contributed by atoms with Crippen molar-refractivity contribution in [1.82, 2.24) is 10.3 Å². The second-order valence-corrected chi connectivity index (χ2v) is 5.31. The number of aromatic hydroxyl groups is 1. The fraction of sp³-hybridized carbons (Fsp3) is 0.438. The molecule has 0 saturated heterocycles. The van der Waals surface area contributed by atoms with Gasteiger partial charge in [0.05, 0.1) is 0 Å². The fourth-order valence-corrected chi connectivity index (χ4v) is 1.38. The second-order valence-electron chi connectivity index (χ2n) is 5.31. The Bertz CT molecular complexity index is 572. The van der Waals surface area contributed by atoms with Gasteiger partial charge in [-0.2, -0.15) is 0 Å². The fourth-order valence-electron chi connectivity index (χ4n) is 1.38. The third kappa shape index (κ3) is 12.4. The summed E-state index contributed by atoms with van der Waals surface area (Å²) in [6, 6.07) is 3.53. The molecule has 1 aromatic rings. The Balaban J connectivity index is 0.000000609. The number of hydrogen-bond donors (Lipinski definition) is 5. The SMILES string of the molecule is Cc1ccc(O)c(OCC(O)CNC(C)C)n1.O=C(O)/C=C/C(=O)O. The molecule has 5 N–H and O–H groups in total. The summed E-state index contributed by atoms with van der Waals surface area (Å²) in [5.41, 5.74) is 0.757. The molecule has 0 aliphatic carbocycles. The maximum Gasteiger partial charge on any atom is 0.328 e. The average molecular weight is 356 g/mol. The minimum Gasteiger partial charge on any atom is -0.503 e. The van der Waals surface area contributed by atoms with Crippen LogP contribution in [-0.2, 0) is 9.59 Å². The molecule has 1 aromatic heterocycles. The van der Waals surface area contributed by atoms with Crippen LogP contribution in [0.2, 0.25) is 0 Å². The van der Waals surface area contributed by atoms with Gasteiger partial charge in [0.25, 0.3) is 5.88 Å². The Morgan fingerprint density at radius 1 is 1.24 bits per heavy atom. The van der Waals surface area contributed by atoms with E-state index in [-0.39, 0.29) is 18.2 Å². The first kappa shape index (κ1) is 22.4. The average Bonchev–Trinajstić information content (AvgIpc) is 2.52. The van der Waals surface area contributed by atoms with Crippen molar-refractivity contribution >= 4 is 11.9 Å². The number of hydrogen-bond acceptors (Lipinski definition) is 7. The normalized spacial score (nSPS) is 11.7. The van der Waals surface area contributed by atoms with E-state index in [4.69, 9.17) is 14.9 Å². The Labute approximate surface area is 145 Å². The van der Waals surface area contributed by atoms with Crippen molar-refractivity contribution in [3.8, 4) is 11.6 Å². The van der Waals surface area contributed by atoms with E-state index in [9.17, 15) is 19.8 Å². The highest BCUT2D eigenvalue weighted by Gasteiger charge is 2.09. The summed E-state index contributed by atoms with van der Waals surface area (Å²) in [6.07, 6.45) is 0.490. The van der Waals surface area contributed by atoms with Gasteiger partial charge in [0.1, 0.15) is 12.7 Å². The number of aliphatic carboxylic acids is 2. The summed E-state index contributed by atoms with van der Waals surface area (Å²) < 4.78 is 5.26. The second kappa shape index (κ2) is 11.8. The Morgan fingerprint density at radius 3 is 2.28 bits per heavy atom. The summed E-state index contributed by atoms with van der Waals surface area (Å²) in [5, 5.41) is 37.8. The predicted octanol–water partition coefficient (Wildman–Crippen LogP) is 0.545. The molecule has 25 heavy (non-hydrogen) atoms. The molecule has 140 valence electrons. The zero-order chi connectivity index (χ0) is 19.4. The Hall–Kier alpha value is -2.65. The number of rotatable bonds is 8. The van der Waals surface area contributed by atoms with Gasteiger partial charge in [-0.05, 0) is 19.1 Å². The molecule has 0 aliphatic heterocycles. The standard InChI is InChI=1S/C12H20N2O3.C4H4O4/c1-8(2)13-6-10(15)7-17-12-11(16)5-4-9(3)14-12;5-3(6)1-2-4(7)8/h4-5,8,10,13,15-16H,6-7H2,1-3H3;1-2H,(H,5,6)(H,7,8)/b;2-1+. The van der Waals surface area contributed by atoms with Crippen LogP contribution in [0, 0.1) is 6.92 Å². The van der Waals surface area contributed by atoms with Gasteiger partial charge in [0, 0.05) is 30.4 Å². The van der Waals surface area contributed by atoms with Crippen molar-refractivity contribution in [2.75, 3.05) is 13.2 Å². The van der Waals surface area contributed by atoms with Crippen LogP contribution in [0.1, 0.15) is 19.5 Å². The number of ether oxygens (including phenoxy) is 1. The summed E-state index contributed by atoms with van der Waals surface area (Å²) in [6.45, 7) is 6.36. The van der Waals surface area contributed by atoms with Gasteiger partial charge in [0.2, 0.25) is 0 Å². The van der Waals surface area contributed by atoms with Gasteiger partial charge >= 0.3 is 11.9 Å². The highest BCUT2D eigenvalue weighted by atomic mass is 16.5. The van der Waals surface area contributed by atoms with Crippen LogP contribution in [0.5, 0.6) is 11.6 Å². The molecule has 0 radical (unpaired) electrons. The molecule has 0 bridgehead atoms.